The molecule has 6 heavy (non-hydrogen) atoms. The van der Waals surface area contributed by atoms with E-state index in [-0.39, 0.29) is 0 Å². The molecule has 0 aliphatic heterocycles. The highest BCUT2D eigenvalue weighted by molar-refractivity contribution is 6.68. The highest BCUT2D eigenvalue weighted by Gasteiger charge is 1.89. The maximum Gasteiger partial charge on any atom is 0.292 e. The van der Waals surface area contributed by atoms with Crippen LogP contribution in [0.1, 0.15) is 0 Å². The summed E-state index contributed by atoms with van der Waals surface area (Å²) >= 11 is 0. The van der Waals surface area contributed by atoms with Gasteiger partial charge in [-0.25, -0.2) is 0 Å². The minimum absolute atomic E-state index is 0.568. The lowest BCUT2D eigenvalue weighted by atomic mass is 11.6. The van der Waals surface area contributed by atoms with Gasteiger partial charge in [0.15, 0.2) is 0 Å². The van der Waals surface area contributed by atoms with Crippen molar-refractivity contribution in [2.75, 3.05) is 0 Å². The molecular formula is CH6O3Si2. The van der Waals surface area contributed by atoms with Gasteiger partial charge in [-0.3, -0.25) is 4.79 Å². The Bertz CT molecular complexity index is 52.8. The quantitative estimate of drug-likeness (QED) is 0.433. The molecule has 3 nitrogen and oxygen atoms in total. The number of rotatable bonds is 2. The molecule has 0 atom stereocenters. The summed E-state index contributed by atoms with van der Waals surface area (Å²) in [6.45, 7) is 0. The molecule has 0 heterocycles. The smallest absolute Gasteiger partial charge is 0.292 e. The van der Waals surface area contributed by atoms with Gasteiger partial charge in [0.1, 0.15) is 10.5 Å². The van der Waals surface area contributed by atoms with Gasteiger partial charge in [0.25, 0.3) is 15.4 Å². The number of hydrogen-bond acceptors (Lipinski definition) is 2. The van der Waals surface area contributed by atoms with Crippen LogP contribution in [-0.2, 0) is 4.12 Å². The van der Waals surface area contributed by atoms with Crippen LogP contribution in [0.15, 0.2) is 0 Å². The fourth-order valence-electron chi connectivity index (χ4n) is 0.123. The molecule has 0 aromatic carbocycles. The van der Waals surface area contributed by atoms with Crippen molar-refractivity contribution in [2.45, 2.75) is 0 Å². The van der Waals surface area contributed by atoms with Gasteiger partial charge < -0.3 is 9.22 Å². The second-order valence-electron chi connectivity index (χ2n) is 0.827. The first kappa shape index (κ1) is 5.86. The zero-order valence-electron chi connectivity index (χ0n) is 3.47. The Balaban J connectivity index is 2.83. The molecule has 5 heteroatoms. The molecule has 0 saturated carbocycles. The molecular weight excluding hydrogens is 116 g/mol. The lowest BCUT2D eigenvalue weighted by Crippen LogP contribution is -2.06. The van der Waals surface area contributed by atoms with Crippen molar-refractivity contribution in [1.82, 2.24) is 0 Å². The number of carboxylic acid groups (broad SMARTS) is 1. The van der Waals surface area contributed by atoms with Crippen LogP contribution in [0.25, 0.3) is 0 Å². The van der Waals surface area contributed by atoms with E-state index in [4.69, 9.17) is 5.11 Å². The first-order valence-corrected chi connectivity index (χ1v) is 3.58. The van der Waals surface area contributed by atoms with E-state index >= 15 is 0 Å². The normalized spacial score (nSPS) is 10.7. The van der Waals surface area contributed by atoms with E-state index in [1.807, 2.05) is 0 Å². The van der Waals surface area contributed by atoms with Gasteiger partial charge in [-0.2, -0.15) is 0 Å². The third-order valence-electron chi connectivity index (χ3n) is 0.268. The minimum atomic E-state index is -1.17. The third-order valence-corrected chi connectivity index (χ3v) is 1.67. The molecule has 0 saturated heterocycles. The van der Waals surface area contributed by atoms with Crippen LogP contribution in [0.5, 0.6) is 0 Å². The van der Waals surface area contributed by atoms with Gasteiger partial charge in [-0.15, -0.1) is 0 Å². The van der Waals surface area contributed by atoms with Crippen molar-refractivity contribution in [3.05, 3.63) is 0 Å². The van der Waals surface area contributed by atoms with Crippen LogP contribution >= 0.6 is 0 Å². The van der Waals surface area contributed by atoms with E-state index in [1.54, 1.807) is 0 Å². The van der Waals surface area contributed by atoms with Crippen molar-refractivity contribution in [1.29, 1.82) is 0 Å². The van der Waals surface area contributed by atoms with Crippen molar-refractivity contribution in [3.63, 3.8) is 0 Å². The van der Waals surface area contributed by atoms with Crippen LogP contribution in [0.4, 0.5) is 4.79 Å². The zero-order chi connectivity index (χ0) is 4.99. The van der Waals surface area contributed by atoms with Crippen LogP contribution < -0.4 is 0 Å². The fraction of sp³-hybridized carbons (Fsp3) is 0. The molecule has 0 aliphatic rings. The SMILES string of the molecule is O=C(O)[SiH2]O[SiH3]. The minimum Gasteiger partial charge on any atom is -0.484 e. The first-order chi connectivity index (χ1) is 2.77. The summed E-state index contributed by atoms with van der Waals surface area (Å²) in [6, 6.07) is 0. The summed E-state index contributed by atoms with van der Waals surface area (Å²) < 4.78 is 4.48. The maximum absolute atomic E-state index is 9.56. The monoisotopic (exact) mass is 122 g/mol. The predicted octanol–water partition coefficient (Wildman–Crippen LogP) is -1.95. The van der Waals surface area contributed by atoms with E-state index in [0.717, 1.165) is 0 Å². The molecule has 0 fully saturated rings. The van der Waals surface area contributed by atoms with Gasteiger partial charge in [0, 0.05) is 0 Å². The summed E-state index contributed by atoms with van der Waals surface area (Å²) in [5, 5.41) is 7.87. The summed E-state index contributed by atoms with van der Waals surface area (Å²) in [5.41, 5.74) is -0.759. The Kier molecular flexibility index (Phi) is 3.00. The van der Waals surface area contributed by atoms with Crippen LogP contribution in [0.2, 0.25) is 0 Å². The van der Waals surface area contributed by atoms with Gasteiger partial charge in [0.05, 0.1) is 0 Å². The predicted molar refractivity (Wildman–Crippen MR) is 27.6 cm³/mol. The zero-order valence-corrected chi connectivity index (χ0v) is 6.89. The average molecular weight is 122 g/mol. The van der Waals surface area contributed by atoms with Crippen molar-refractivity contribution in [3.8, 4) is 0 Å². The van der Waals surface area contributed by atoms with E-state index in [9.17, 15) is 4.79 Å². The largest absolute Gasteiger partial charge is 0.484 e. The number of hydrogen-bond donors (Lipinski definition) is 1. The molecule has 0 rings (SSSR count). The average Bonchev–Trinajstić information content (AvgIpc) is 1.35. The highest BCUT2D eigenvalue weighted by Crippen LogP contribution is 1.60. The molecule has 0 aromatic rings. The van der Waals surface area contributed by atoms with Gasteiger partial charge in [0.2, 0.25) is 0 Å². The molecule has 0 bridgehead atoms. The van der Waals surface area contributed by atoms with Crippen LogP contribution in [0, 0.1) is 0 Å². The molecule has 0 aliphatic carbocycles. The summed E-state index contributed by atoms with van der Waals surface area (Å²) in [5.74, 6) is 0. The second-order valence-corrected chi connectivity index (χ2v) is 4.03. The van der Waals surface area contributed by atoms with Gasteiger partial charge in [-0.05, 0) is 0 Å². The molecule has 0 unspecified atom stereocenters. The lowest BCUT2D eigenvalue weighted by molar-refractivity contribution is 0.217. The van der Waals surface area contributed by atoms with Crippen LogP contribution in [-0.4, -0.2) is 30.9 Å². The van der Waals surface area contributed by atoms with E-state index in [0.29, 0.717) is 10.5 Å². The molecule has 0 amide bonds. The number of carbonyl (C=O) groups is 1. The highest BCUT2D eigenvalue weighted by atomic mass is 28.3. The molecule has 0 spiro atoms. The Hall–Kier alpha value is -0.136. The second kappa shape index (κ2) is 3.07. The standard InChI is InChI=1S/CH6O3Si2/c2-1(3)6-4-5/h6H2,5H3,(H,2,3). The Morgan fingerprint density at radius 2 is 2.50 bits per heavy atom. The van der Waals surface area contributed by atoms with Crippen molar-refractivity contribution >= 4 is 25.8 Å². The maximum atomic E-state index is 9.56. The Morgan fingerprint density at radius 1 is 2.00 bits per heavy atom. The van der Waals surface area contributed by atoms with Crippen molar-refractivity contribution in [2.24, 2.45) is 0 Å². The lowest BCUT2D eigenvalue weighted by Gasteiger charge is -1.83. The molecule has 36 valence electrons. The summed E-state index contributed by atoms with van der Waals surface area (Å²) in [7, 11) is -0.597. The molecule has 0 aromatic heterocycles. The molecule has 1 N–H and O–H groups in total. The summed E-state index contributed by atoms with van der Waals surface area (Å²) in [6.07, 6.45) is 0. The topological polar surface area (TPSA) is 46.5 Å². The summed E-state index contributed by atoms with van der Waals surface area (Å²) in [4.78, 5) is 9.56. The van der Waals surface area contributed by atoms with Gasteiger partial charge in [-0.1, -0.05) is 0 Å². The van der Waals surface area contributed by atoms with Crippen molar-refractivity contribution < 1.29 is 14.0 Å². The van der Waals surface area contributed by atoms with Gasteiger partial charge >= 0.3 is 0 Å². The van der Waals surface area contributed by atoms with E-state index in [1.165, 1.54) is 0 Å². The Labute approximate surface area is 40.8 Å². The Morgan fingerprint density at radius 3 is 2.50 bits per heavy atom. The van der Waals surface area contributed by atoms with Crippen LogP contribution in [0.3, 0.4) is 0 Å². The first-order valence-electron chi connectivity index (χ1n) is 1.48. The van der Waals surface area contributed by atoms with E-state index < -0.39 is 15.4 Å². The third kappa shape index (κ3) is 3.86. The molecule has 0 radical (unpaired) electrons. The van der Waals surface area contributed by atoms with E-state index in [2.05, 4.69) is 4.12 Å². The fourth-order valence-corrected chi connectivity index (χ4v) is 1.11.